The number of anilines is 2. The molecule has 0 bridgehead atoms. The van der Waals surface area contributed by atoms with E-state index < -0.39 is 0 Å². The molecule has 0 spiro atoms. The highest BCUT2D eigenvalue weighted by Gasteiger charge is 2.11. The maximum absolute atomic E-state index is 12.6. The number of para-hydroxylation sites is 1. The predicted octanol–water partition coefficient (Wildman–Crippen LogP) is 3.98. The van der Waals surface area contributed by atoms with Crippen LogP contribution in [0.15, 0.2) is 78.9 Å². The van der Waals surface area contributed by atoms with Crippen molar-refractivity contribution >= 4 is 23.2 Å². The van der Waals surface area contributed by atoms with Crippen molar-refractivity contribution in [3.05, 3.63) is 95.6 Å². The molecule has 28 heavy (non-hydrogen) atoms. The van der Waals surface area contributed by atoms with Crippen LogP contribution >= 0.6 is 0 Å². The predicted molar refractivity (Wildman–Crippen MR) is 112 cm³/mol. The van der Waals surface area contributed by atoms with Crippen LogP contribution in [0.3, 0.4) is 0 Å². The van der Waals surface area contributed by atoms with Gasteiger partial charge in [0.25, 0.3) is 5.91 Å². The number of aryl methyl sites for hydroxylation is 1. The van der Waals surface area contributed by atoms with Crippen molar-refractivity contribution in [2.24, 2.45) is 0 Å². The minimum absolute atomic E-state index is 0.0664. The average molecular weight is 373 g/mol. The summed E-state index contributed by atoms with van der Waals surface area (Å²) in [6.07, 6.45) is 0. The molecule has 0 radical (unpaired) electrons. The second-order valence-electron chi connectivity index (χ2n) is 6.49. The van der Waals surface area contributed by atoms with Gasteiger partial charge in [-0.2, -0.15) is 0 Å². The lowest BCUT2D eigenvalue weighted by Crippen LogP contribution is -2.26. The molecule has 3 N–H and O–H groups in total. The lowest BCUT2D eigenvalue weighted by Gasteiger charge is -2.13. The van der Waals surface area contributed by atoms with Crippen molar-refractivity contribution in [1.82, 2.24) is 5.32 Å². The number of hydrogen-bond acceptors (Lipinski definition) is 3. The first-order valence-electron chi connectivity index (χ1n) is 9.13. The standard InChI is InChI=1S/C23H23N3O2/c1-17-8-7-11-19(14-17)26-22(27)16-24-21-13-6-5-12-20(21)23(28)25-15-18-9-3-2-4-10-18/h2-14,24H,15-16H2,1H3,(H,25,28)(H,26,27). The van der Waals surface area contributed by atoms with Gasteiger partial charge in [0.2, 0.25) is 5.91 Å². The Morgan fingerprint density at radius 3 is 2.39 bits per heavy atom. The molecule has 2 amide bonds. The normalized spacial score (nSPS) is 10.2. The molecule has 5 heteroatoms. The second-order valence-corrected chi connectivity index (χ2v) is 6.49. The fourth-order valence-corrected chi connectivity index (χ4v) is 2.81. The van der Waals surface area contributed by atoms with E-state index in [1.807, 2.05) is 67.6 Å². The number of benzene rings is 3. The van der Waals surface area contributed by atoms with Gasteiger partial charge in [0, 0.05) is 17.9 Å². The molecule has 142 valence electrons. The lowest BCUT2D eigenvalue weighted by molar-refractivity contribution is -0.114. The van der Waals surface area contributed by atoms with E-state index in [0.717, 1.165) is 16.8 Å². The Balaban J connectivity index is 1.58. The van der Waals surface area contributed by atoms with Gasteiger partial charge in [-0.15, -0.1) is 0 Å². The summed E-state index contributed by atoms with van der Waals surface area (Å²) in [7, 11) is 0. The van der Waals surface area contributed by atoms with Gasteiger partial charge >= 0.3 is 0 Å². The highest BCUT2D eigenvalue weighted by molar-refractivity contribution is 6.00. The van der Waals surface area contributed by atoms with Crippen LogP contribution in [-0.4, -0.2) is 18.4 Å². The first-order chi connectivity index (χ1) is 13.6. The maximum Gasteiger partial charge on any atom is 0.253 e. The third kappa shape index (κ3) is 5.45. The Bertz CT molecular complexity index is 955. The number of amides is 2. The molecule has 0 aliphatic heterocycles. The van der Waals surface area contributed by atoms with Crippen LogP contribution in [0.25, 0.3) is 0 Å². The summed E-state index contributed by atoms with van der Waals surface area (Å²) in [5, 5.41) is 8.81. The van der Waals surface area contributed by atoms with E-state index in [-0.39, 0.29) is 18.4 Å². The fourth-order valence-electron chi connectivity index (χ4n) is 2.81. The smallest absolute Gasteiger partial charge is 0.253 e. The number of carbonyl (C=O) groups is 2. The number of carbonyl (C=O) groups excluding carboxylic acids is 2. The Morgan fingerprint density at radius 2 is 1.61 bits per heavy atom. The Labute approximate surface area is 164 Å². The van der Waals surface area contributed by atoms with Crippen LogP contribution in [0.2, 0.25) is 0 Å². The van der Waals surface area contributed by atoms with Crippen molar-refractivity contribution in [3.63, 3.8) is 0 Å². The van der Waals surface area contributed by atoms with E-state index in [9.17, 15) is 9.59 Å². The van der Waals surface area contributed by atoms with Crippen molar-refractivity contribution in [3.8, 4) is 0 Å². The van der Waals surface area contributed by atoms with E-state index >= 15 is 0 Å². The SMILES string of the molecule is Cc1cccc(NC(=O)CNc2ccccc2C(=O)NCc2ccccc2)c1. The molecule has 0 aromatic heterocycles. The third-order valence-corrected chi connectivity index (χ3v) is 4.21. The molecule has 3 aromatic rings. The van der Waals surface area contributed by atoms with E-state index in [4.69, 9.17) is 0 Å². The first kappa shape index (κ1) is 19.2. The van der Waals surface area contributed by atoms with Gasteiger partial charge in [0.15, 0.2) is 0 Å². The molecule has 0 aliphatic carbocycles. The van der Waals surface area contributed by atoms with Gasteiger partial charge in [-0.3, -0.25) is 9.59 Å². The van der Waals surface area contributed by atoms with E-state index in [2.05, 4.69) is 16.0 Å². The lowest BCUT2D eigenvalue weighted by atomic mass is 10.1. The zero-order valence-corrected chi connectivity index (χ0v) is 15.7. The van der Waals surface area contributed by atoms with Gasteiger partial charge in [-0.05, 0) is 42.3 Å². The minimum Gasteiger partial charge on any atom is -0.376 e. The molecule has 0 heterocycles. The van der Waals surface area contributed by atoms with E-state index in [1.54, 1.807) is 18.2 Å². The zero-order chi connectivity index (χ0) is 19.8. The molecule has 0 saturated heterocycles. The van der Waals surface area contributed by atoms with Crippen LogP contribution < -0.4 is 16.0 Å². The van der Waals surface area contributed by atoms with Gasteiger partial charge in [-0.1, -0.05) is 54.6 Å². The minimum atomic E-state index is -0.189. The van der Waals surface area contributed by atoms with Crippen molar-refractivity contribution < 1.29 is 9.59 Å². The molecule has 3 rings (SSSR count). The number of nitrogens with one attached hydrogen (secondary N) is 3. The Hall–Kier alpha value is -3.60. The topological polar surface area (TPSA) is 70.2 Å². The zero-order valence-electron chi connectivity index (χ0n) is 15.7. The Kier molecular flexibility index (Phi) is 6.41. The van der Waals surface area contributed by atoms with Crippen molar-refractivity contribution in [1.29, 1.82) is 0 Å². The van der Waals surface area contributed by atoms with Crippen LogP contribution in [0.4, 0.5) is 11.4 Å². The summed E-state index contributed by atoms with van der Waals surface area (Å²) in [4.78, 5) is 24.8. The van der Waals surface area contributed by atoms with Gasteiger partial charge in [0.1, 0.15) is 0 Å². The fraction of sp³-hybridized carbons (Fsp3) is 0.130. The second kappa shape index (κ2) is 9.37. The quantitative estimate of drug-likeness (QED) is 0.587. The summed E-state index contributed by atoms with van der Waals surface area (Å²) in [6, 6.07) is 24.5. The number of hydrogen-bond donors (Lipinski definition) is 3. The van der Waals surface area contributed by atoms with Gasteiger partial charge < -0.3 is 16.0 Å². The summed E-state index contributed by atoms with van der Waals surface area (Å²) in [5.41, 5.74) is 3.97. The average Bonchev–Trinajstić information content (AvgIpc) is 2.71. The van der Waals surface area contributed by atoms with Crippen LogP contribution in [0, 0.1) is 6.92 Å². The summed E-state index contributed by atoms with van der Waals surface area (Å²) < 4.78 is 0. The molecule has 0 atom stereocenters. The summed E-state index contributed by atoms with van der Waals surface area (Å²) in [6.45, 7) is 2.48. The third-order valence-electron chi connectivity index (χ3n) is 4.21. The molecule has 0 unspecified atom stereocenters. The monoisotopic (exact) mass is 373 g/mol. The largest absolute Gasteiger partial charge is 0.376 e. The molecule has 0 aliphatic rings. The molecular formula is C23H23N3O2. The molecule has 0 saturated carbocycles. The van der Waals surface area contributed by atoms with Crippen molar-refractivity contribution in [2.75, 3.05) is 17.2 Å². The maximum atomic E-state index is 12.6. The first-order valence-corrected chi connectivity index (χ1v) is 9.13. The summed E-state index contributed by atoms with van der Waals surface area (Å²) >= 11 is 0. The highest BCUT2D eigenvalue weighted by atomic mass is 16.2. The summed E-state index contributed by atoms with van der Waals surface area (Å²) in [5.74, 6) is -0.365. The van der Waals surface area contributed by atoms with Crippen molar-refractivity contribution in [2.45, 2.75) is 13.5 Å². The van der Waals surface area contributed by atoms with Crippen LogP contribution in [0.1, 0.15) is 21.5 Å². The van der Waals surface area contributed by atoms with Crippen LogP contribution in [0.5, 0.6) is 0 Å². The molecule has 3 aromatic carbocycles. The Morgan fingerprint density at radius 1 is 0.857 bits per heavy atom. The molecule has 0 fully saturated rings. The van der Waals surface area contributed by atoms with E-state index in [1.165, 1.54) is 0 Å². The molecule has 5 nitrogen and oxygen atoms in total. The van der Waals surface area contributed by atoms with Crippen LogP contribution in [-0.2, 0) is 11.3 Å². The number of rotatable bonds is 7. The van der Waals surface area contributed by atoms with E-state index in [0.29, 0.717) is 17.8 Å². The highest BCUT2D eigenvalue weighted by Crippen LogP contribution is 2.15. The molecular weight excluding hydrogens is 350 g/mol. The van der Waals surface area contributed by atoms with Gasteiger partial charge in [-0.25, -0.2) is 0 Å². The van der Waals surface area contributed by atoms with Gasteiger partial charge in [0.05, 0.1) is 12.1 Å².